The first-order valence-corrected chi connectivity index (χ1v) is 7.62. The second-order valence-electron chi connectivity index (χ2n) is 4.84. The van der Waals surface area contributed by atoms with Gasteiger partial charge in [0.05, 0.1) is 5.39 Å². The smallest absolute Gasteiger partial charge is 0.225 e. The number of nitrogens with zero attached hydrogens (tertiary/aromatic N) is 2. The van der Waals surface area contributed by atoms with Crippen LogP contribution in [0.25, 0.3) is 20.7 Å². The number of fused-ring (bicyclic) bond motifs is 1. The zero-order valence-electron chi connectivity index (χ0n) is 11.2. The van der Waals surface area contributed by atoms with Crippen LogP contribution in [-0.2, 0) is 0 Å². The Hall–Kier alpha value is -1.65. The summed E-state index contributed by atoms with van der Waals surface area (Å²) < 4.78 is 0. The van der Waals surface area contributed by atoms with Crippen LogP contribution >= 0.6 is 22.9 Å². The predicted molar refractivity (Wildman–Crippen MR) is 86.6 cm³/mol. The van der Waals surface area contributed by atoms with Gasteiger partial charge in [0.15, 0.2) is 0 Å². The first-order valence-electron chi connectivity index (χ1n) is 6.42. The Bertz CT molecular complexity index is 737. The summed E-state index contributed by atoms with van der Waals surface area (Å²) in [5.41, 5.74) is 1.18. The molecule has 0 radical (unpaired) electrons. The van der Waals surface area contributed by atoms with Crippen molar-refractivity contribution in [2.45, 2.75) is 19.9 Å². The van der Waals surface area contributed by atoms with Gasteiger partial charge < -0.3 is 5.32 Å². The average Bonchev–Trinajstić information content (AvgIpc) is 2.83. The van der Waals surface area contributed by atoms with E-state index in [1.165, 1.54) is 10.4 Å². The van der Waals surface area contributed by atoms with Gasteiger partial charge in [0.2, 0.25) is 5.28 Å². The fourth-order valence-electron chi connectivity index (χ4n) is 2.02. The Balaban J connectivity index is 2.15. The molecule has 20 heavy (non-hydrogen) atoms. The maximum absolute atomic E-state index is 6.01. The van der Waals surface area contributed by atoms with E-state index in [4.69, 9.17) is 11.6 Å². The van der Waals surface area contributed by atoms with Gasteiger partial charge in [0.25, 0.3) is 0 Å². The molecule has 0 fully saturated rings. The SMILES string of the molecule is CC(C)Nc1nc(Cl)nc2sc(-c3ccccc3)cc12. The molecule has 3 aromatic rings. The summed E-state index contributed by atoms with van der Waals surface area (Å²) in [5.74, 6) is 0.799. The first-order chi connectivity index (χ1) is 9.63. The molecule has 0 atom stereocenters. The molecule has 1 aromatic carbocycles. The van der Waals surface area contributed by atoms with Gasteiger partial charge in [-0.05, 0) is 37.1 Å². The van der Waals surface area contributed by atoms with Crippen LogP contribution in [0, 0.1) is 0 Å². The molecule has 3 nitrogen and oxygen atoms in total. The lowest BCUT2D eigenvalue weighted by molar-refractivity contribution is 0.890. The van der Waals surface area contributed by atoms with Crippen LogP contribution in [0.5, 0.6) is 0 Å². The maximum atomic E-state index is 6.01. The minimum absolute atomic E-state index is 0.280. The van der Waals surface area contributed by atoms with Gasteiger partial charge in [-0.3, -0.25) is 0 Å². The van der Waals surface area contributed by atoms with E-state index in [-0.39, 0.29) is 5.28 Å². The number of rotatable bonds is 3. The molecule has 2 heterocycles. The quantitative estimate of drug-likeness (QED) is 0.704. The summed E-state index contributed by atoms with van der Waals surface area (Å²) in [4.78, 5) is 10.7. The molecule has 0 aliphatic heterocycles. The zero-order valence-corrected chi connectivity index (χ0v) is 12.8. The predicted octanol–water partition coefficient (Wildman–Crippen LogP) is 4.83. The molecule has 0 bridgehead atoms. The third-order valence-corrected chi connectivity index (χ3v) is 4.10. The molecule has 3 rings (SSSR count). The van der Waals surface area contributed by atoms with Crippen molar-refractivity contribution in [1.82, 2.24) is 9.97 Å². The number of benzene rings is 1. The standard InChI is InChI=1S/C15H14ClN3S/c1-9(2)17-13-11-8-12(10-6-4-3-5-7-10)20-14(11)19-15(16)18-13/h3-9H,1-2H3,(H,17,18,19). The summed E-state index contributed by atoms with van der Waals surface area (Å²) in [6.07, 6.45) is 0. The number of hydrogen-bond donors (Lipinski definition) is 1. The first kappa shape index (κ1) is 13.3. The number of nitrogens with one attached hydrogen (secondary N) is 1. The van der Waals surface area contributed by atoms with Crippen molar-refractivity contribution in [3.05, 3.63) is 41.7 Å². The van der Waals surface area contributed by atoms with Crippen LogP contribution in [0.15, 0.2) is 36.4 Å². The number of hydrogen-bond acceptors (Lipinski definition) is 4. The highest BCUT2D eigenvalue weighted by atomic mass is 35.5. The molecule has 5 heteroatoms. The fourth-order valence-corrected chi connectivity index (χ4v) is 3.28. The number of thiophene rings is 1. The maximum Gasteiger partial charge on any atom is 0.225 e. The van der Waals surface area contributed by atoms with Crippen molar-refractivity contribution in [1.29, 1.82) is 0 Å². The van der Waals surface area contributed by atoms with E-state index in [1.807, 2.05) is 18.2 Å². The van der Waals surface area contributed by atoms with Gasteiger partial charge in [0, 0.05) is 10.9 Å². The van der Waals surface area contributed by atoms with E-state index >= 15 is 0 Å². The van der Waals surface area contributed by atoms with Crippen molar-refractivity contribution in [2.24, 2.45) is 0 Å². The third-order valence-electron chi connectivity index (χ3n) is 2.85. The van der Waals surface area contributed by atoms with E-state index in [2.05, 4.69) is 47.3 Å². The normalized spacial score (nSPS) is 11.2. The van der Waals surface area contributed by atoms with E-state index < -0.39 is 0 Å². The Morgan fingerprint density at radius 2 is 1.90 bits per heavy atom. The van der Waals surface area contributed by atoms with E-state index in [9.17, 15) is 0 Å². The van der Waals surface area contributed by atoms with Crippen molar-refractivity contribution in [3.63, 3.8) is 0 Å². The molecule has 0 aliphatic rings. The van der Waals surface area contributed by atoms with Crippen LogP contribution in [0.4, 0.5) is 5.82 Å². The molecule has 1 N–H and O–H groups in total. The van der Waals surface area contributed by atoms with E-state index in [1.54, 1.807) is 11.3 Å². The number of aromatic nitrogens is 2. The Morgan fingerprint density at radius 1 is 1.15 bits per heavy atom. The Morgan fingerprint density at radius 3 is 2.60 bits per heavy atom. The monoisotopic (exact) mass is 303 g/mol. The molecule has 2 aromatic heterocycles. The second kappa shape index (κ2) is 5.38. The van der Waals surface area contributed by atoms with Crippen LogP contribution < -0.4 is 5.32 Å². The van der Waals surface area contributed by atoms with Gasteiger partial charge in [-0.25, -0.2) is 9.97 Å². The minimum atomic E-state index is 0.280. The molecular formula is C15H14ClN3S. The molecule has 0 amide bonds. The average molecular weight is 304 g/mol. The van der Waals surface area contributed by atoms with Crippen molar-refractivity contribution < 1.29 is 0 Å². The lowest BCUT2D eigenvalue weighted by atomic mass is 10.2. The van der Waals surface area contributed by atoms with Gasteiger partial charge >= 0.3 is 0 Å². The molecular weight excluding hydrogens is 290 g/mol. The summed E-state index contributed by atoms with van der Waals surface area (Å²) in [7, 11) is 0. The largest absolute Gasteiger partial charge is 0.367 e. The van der Waals surface area contributed by atoms with Gasteiger partial charge in [0.1, 0.15) is 10.6 Å². The molecule has 0 unspecified atom stereocenters. The van der Waals surface area contributed by atoms with Crippen LogP contribution in [0.1, 0.15) is 13.8 Å². The molecule has 0 saturated heterocycles. The highest BCUT2D eigenvalue weighted by molar-refractivity contribution is 7.22. The van der Waals surface area contributed by atoms with Crippen molar-refractivity contribution in [2.75, 3.05) is 5.32 Å². The lowest BCUT2D eigenvalue weighted by Gasteiger charge is -2.09. The van der Waals surface area contributed by atoms with Crippen LogP contribution in [0.2, 0.25) is 5.28 Å². The zero-order chi connectivity index (χ0) is 14.1. The van der Waals surface area contributed by atoms with Gasteiger partial charge in [-0.15, -0.1) is 11.3 Å². The minimum Gasteiger partial charge on any atom is -0.367 e. The van der Waals surface area contributed by atoms with Crippen molar-refractivity contribution >= 4 is 39.0 Å². The molecule has 102 valence electrons. The van der Waals surface area contributed by atoms with Crippen molar-refractivity contribution in [3.8, 4) is 10.4 Å². The van der Waals surface area contributed by atoms with E-state index in [0.717, 1.165) is 16.0 Å². The van der Waals surface area contributed by atoms with Crippen LogP contribution in [-0.4, -0.2) is 16.0 Å². The van der Waals surface area contributed by atoms with Gasteiger partial charge in [-0.2, -0.15) is 0 Å². The summed E-state index contributed by atoms with van der Waals surface area (Å²) in [5, 5.41) is 4.62. The molecule has 0 spiro atoms. The van der Waals surface area contributed by atoms with Gasteiger partial charge in [-0.1, -0.05) is 30.3 Å². The fraction of sp³-hybridized carbons (Fsp3) is 0.200. The highest BCUT2D eigenvalue weighted by Gasteiger charge is 2.12. The Kier molecular flexibility index (Phi) is 3.59. The lowest BCUT2D eigenvalue weighted by Crippen LogP contribution is -2.11. The molecule has 0 saturated carbocycles. The number of halogens is 1. The highest BCUT2D eigenvalue weighted by Crippen LogP contribution is 2.36. The third kappa shape index (κ3) is 2.62. The number of anilines is 1. The van der Waals surface area contributed by atoms with Crippen LogP contribution in [0.3, 0.4) is 0 Å². The molecule has 0 aliphatic carbocycles. The van der Waals surface area contributed by atoms with E-state index in [0.29, 0.717) is 6.04 Å². The summed E-state index contributed by atoms with van der Waals surface area (Å²) in [6.45, 7) is 4.15. The Labute approximate surface area is 126 Å². The second-order valence-corrected chi connectivity index (χ2v) is 6.20. The summed E-state index contributed by atoms with van der Waals surface area (Å²) in [6, 6.07) is 12.7. The summed E-state index contributed by atoms with van der Waals surface area (Å²) >= 11 is 7.64. The topological polar surface area (TPSA) is 37.8 Å².